The molecule has 19 heavy (non-hydrogen) atoms. The summed E-state index contributed by atoms with van der Waals surface area (Å²) in [4.78, 5) is 14.5. The fourth-order valence-corrected chi connectivity index (χ4v) is 2.89. The molecule has 1 heterocycles. The molecular formula is C16H32N2O. The SMILES string of the molecule is CCCCCCCC(=O)N(CCC)C1CCNCC1. The summed E-state index contributed by atoms with van der Waals surface area (Å²) in [6.07, 6.45) is 10.2. The van der Waals surface area contributed by atoms with Crippen molar-refractivity contribution in [2.24, 2.45) is 0 Å². The van der Waals surface area contributed by atoms with Gasteiger partial charge in [-0.15, -0.1) is 0 Å². The molecule has 1 amide bonds. The fourth-order valence-electron chi connectivity index (χ4n) is 2.89. The van der Waals surface area contributed by atoms with E-state index in [2.05, 4.69) is 24.1 Å². The Balaban J connectivity index is 2.30. The number of carbonyl (C=O) groups excluding carboxylic acids is 1. The van der Waals surface area contributed by atoms with Gasteiger partial charge in [-0.05, 0) is 38.8 Å². The zero-order valence-corrected chi connectivity index (χ0v) is 12.9. The summed E-state index contributed by atoms with van der Waals surface area (Å²) in [6, 6.07) is 0.490. The third kappa shape index (κ3) is 6.42. The largest absolute Gasteiger partial charge is 0.340 e. The second kappa shape index (κ2) is 10.2. The molecule has 1 aliphatic rings. The molecule has 1 rings (SSSR count). The highest BCUT2D eigenvalue weighted by molar-refractivity contribution is 5.76. The number of nitrogens with one attached hydrogen (secondary N) is 1. The van der Waals surface area contributed by atoms with Gasteiger partial charge in [-0.3, -0.25) is 4.79 Å². The van der Waals surface area contributed by atoms with Crippen LogP contribution >= 0.6 is 0 Å². The second-order valence-electron chi connectivity index (χ2n) is 5.73. The third-order valence-corrected chi connectivity index (χ3v) is 4.03. The highest BCUT2D eigenvalue weighted by atomic mass is 16.2. The van der Waals surface area contributed by atoms with Gasteiger partial charge in [0.05, 0.1) is 0 Å². The van der Waals surface area contributed by atoms with Crippen molar-refractivity contribution in [3.63, 3.8) is 0 Å². The summed E-state index contributed by atoms with van der Waals surface area (Å²) < 4.78 is 0. The first kappa shape index (κ1) is 16.5. The lowest BCUT2D eigenvalue weighted by Crippen LogP contribution is -2.46. The molecule has 0 aromatic heterocycles. The molecule has 3 nitrogen and oxygen atoms in total. The van der Waals surface area contributed by atoms with Crippen LogP contribution in [-0.4, -0.2) is 36.5 Å². The molecule has 112 valence electrons. The van der Waals surface area contributed by atoms with Crippen LogP contribution in [0.3, 0.4) is 0 Å². The highest BCUT2D eigenvalue weighted by Crippen LogP contribution is 2.15. The molecule has 0 saturated carbocycles. The van der Waals surface area contributed by atoms with E-state index >= 15 is 0 Å². The van der Waals surface area contributed by atoms with Crippen LogP contribution in [0.5, 0.6) is 0 Å². The van der Waals surface area contributed by atoms with Crippen molar-refractivity contribution in [2.45, 2.75) is 77.7 Å². The number of carbonyl (C=O) groups is 1. The van der Waals surface area contributed by atoms with E-state index in [-0.39, 0.29) is 0 Å². The number of unbranched alkanes of at least 4 members (excludes halogenated alkanes) is 4. The van der Waals surface area contributed by atoms with Crippen molar-refractivity contribution in [2.75, 3.05) is 19.6 Å². The number of nitrogens with zero attached hydrogens (tertiary/aromatic N) is 1. The lowest BCUT2D eigenvalue weighted by Gasteiger charge is -2.34. The number of hydrogen-bond donors (Lipinski definition) is 1. The monoisotopic (exact) mass is 268 g/mol. The van der Waals surface area contributed by atoms with Gasteiger partial charge in [-0.1, -0.05) is 39.5 Å². The third-order valence-electron chi connectivity index (χ3n) is 4.03. The quantitative estimate of drug-likeness (QED) is 0.651. The predicted molar refractivity (Wildman–Crippen MR) is 81.3 cm³/mol. The number of piperidine rings is 1. The number of amides is 1. The Hall–Kier alpha value is -0.570. The summed E-state index contributed by atoms with van der Waals surface area (Å²) in [5.74, 6) is 0.394. The van der Waals surface area contributed by atoms with Crippen molar-refractivity contribution in [3.8, 4) is 0 Å². The Morgan fingerprint density at radius 1 is 1.05 bits per heavy atom. The van der Waals surface area contributed by atoms with E-state index in [0.717, 1.165) is 51.7 Å². The zero-order valence-electron chi connectivity index (χ0n) is 12.9. The lowest BCUT2D eigenvalue weighted by molar-refractivity contribution is -0.134. The minimum absolute atomic E-state index is 0.394. The summed E-state index contributed by atoms with van der Waals surface area (Å²) >= 11 is 0. The highest BCUT2D eigenvalue weighted by Gasteiger charge is 2.23. The van der Waals surface area contributed by atoms with Gasteiger partial charge < -0.3 is 10.2 Å². The van der Waals surface area contributed by atoms with Gasteiger partial charge in [0.2, 0.25) is 5.91 Å². The molecule has 0 atom stereocenters. The first-order chi connectivity index (χ1) is 9.29. The van der Waals surface area contributed by atoms with Crippen molar-refractivity contribution < 1.29 is 4.79 Å². The standard InChI is InChI=1S/C16H32N2O/c1-3-5-6-7-8-9-16(19)18(14-4-2)15-10-12-17-13-11-15/h15,17H,3-14H2,1-2H3. The first-order valence-corrected chi connectivity index (χ1v) is 8.29. The topological polar surface area (TPSA) is 32.3 Å². The summed E-state index contributed by atoms with van der Waals surface area (Å²) in [7, 11) is 0. The molecule has 0 unspecified atom stereocenters. The molecule has 3 heteroatoms. The summed E-state index contributed by atoms with van der Waals surface area (Å²) in [5.41, 5.74) is 0. The molecule has 0 aromatic rings. The smallest absolute Gasteiger partial charge is 0.222 e. The van der Waals surface area contributed by atoms with Crippen LogP contribution < -0.4 is 5.32 Å². The molecule has 1 saturated heterocycles. The van der Waals surface area contributed by atoms with E-state index in [1.54, 1.807) is 0 Å². The second-order valence-corrected chi connectivity index (χ2v) is 5.73. The average Bonchev–Trinajstić information content (AvgIpc) is 2.45. The molecule has 0 spiro atoms. The van der Waals surface area contributed by atoms with Crippen molar-refractivity contribution >= 4 is 5.91 Å². The van der Waals surface area contributed by atoms with Gasteiger partial charge in [-0.25, -0.2) is 0 Å². The summed E-state index contributed by atoms with van der Waals surface area (Å²) in [6.45, 7) is 7.47. The molecule has 0 bridgehead atoms. The van der Waals surface area contributed by atoms with Gasteiger partial charge in [0.25, 0.3) is 0 Å². The molecule has 1 aliphatic heterocycles. The minimum Gasteiger partial charge on any atom is -0.340 e. The van der Waals surface area contributed by atoms with E-state index in [4.69, 9.17) is 0 Å². The van der Waals surface area contributed by atoms with Gasteiger partial charge in [0.1, 0.15) is 0 Å². The van der Waals surface area contributed by atoms with Crippen LogP contribution in [0, 0.1) is 0 Å². The fraction of sp³-hybridized carbons (Fsp3) is 0.938. The van der Waals surface area contributed by atoms with Crippen molar-refractivity contribution in [1.82, 2.24) is 10.2 Å². The van der Waals surface area contributed by atoms with Crippen LogP contribution in [-0.2, 0) is 4.79 Å². The molecule has 0 radical (unpaired) electrons. The van der Waals surface area contributed by atoms with E-state index < -0.39 is 0 Å². The Morgan fingerprint density at radius 3 is 2.37 bits per heavy atom. The van der Waals surface area contributed by atoms with E-state index in [1.165, 1.54) is 25.7 Å². The Kier molecular flexibility index (Phi) is 8.89. The van der Waals surface area contributed by atoms with E-state index in [1.807, 2.05) is 0 Å². The van der Waals surface area contributed by atoms with Crippen LogP contribution in [0.2, 0.25) is 0 Å². The molecular weight excluding hydrogens is 236 g/mol. The Labute approximate surface area is 119 Å². The Morgan fingerprint density at radius 2 is 1.74 bits per heavy atom. The van der Waals surface area contributed by atoms with Gasteiger partial charge in [0.15, 0.2) is 0 Å². The molecule has 1 N–H and O–H groups in total. The molecule has 0 aromatic carbocycles. The summed E-state index contributed by atoms with van der Waals surface area (Å²) in [5, 5.41) is 3.38. The van der Waals surface area contributed by atoms with Gasteiger partial charge in [-0.2, -0.15) is 0 Å². The molecule has 1 fully saturated rings. The Bertz CT molecular complexity index is 237. The normalized spacial score (nSPS) is 16.5. The maximum Gasteiger partial charge on any atom is 0.222 e. The van der Waals surface area contributed by atoms with Crippen LogP contribution in [0.1, 0.15) is 71.6 Å². The first-order valence-electron chi connectivity index (χ1n) is 8.29. The average molecular weight is 268 g/mol. The minimum atomic E-state index is 0.394. The van der Waals surface area contributed by atoms with E-state index in [0.29, 0.717) is 11.9 Å². The lowest BCUT2D eigenvalue weighted by atomic mass is 10.0. The van der Waals surface area contributed by atoms with Gasteiger partial charge in [0, 0.05) is 19.0 Å². The maximum absolute atomic E-state index is 12.4. The molecule has 0 aliphatic carbocycles. The van der Waals surface area contributed by atoms with Crippen LogP contribution in [0.25, 0.3) is 0 Å². The van der Waals surface area contributed by atoms with Gasteiger partial charge >= 0.3 is 0 Å². The number of rotatable bonds is 9. The van der Waals surface area contributed by atoms with Crippen LogP contribution in [0.4, 0.5) is 0 Å². The number of hydrogen-bond acceptors (Lipinski definition) is 2. The van der Waals surface area contributed by atoms with Crippen LogP contribution in [0.15, 0.2) is 0 Å². The van der Waals surface area contributed by atoms with Crippen molar-refractivity contribution in [3.05, 3.63) is 0 Å². The van der Waals surface area contributed by atoms with Crippen molar-refractivity contribution in [1.29, 1.82) is 0 Å². The zero-order chi connectivity index (χ0) is 13.9. The predicted octanol–water partition coefficient (Wildman–Crippen LogP) is 3.34. The maximum atomic E-state index is 12.4. The van der Waals surface area contributed by atoms with E-state index in [9.17, 15) is 4.79 Å².